The molecule has 1 saturated carbocycles. The van der Waals surface area contributed by atoms with Gasteiger partial charge in [0, 0.05) is 12.8 Å². The topological polar surface area (TPSA) is 17.1 Å². The SMILES string of the molecule is C=O.FC1(F)CCC1. The molecule has 0 unspecified atom stereocenters. The van der Waals surface area contributed by atoms with Crippen molar-refractivity contribution in [3.8, 4) is 0 Å². The van der Waals surface area contributed by atoms with Crippen molar-refractivity contribution in [2.45, 2.75) is 25.2 Å². The van der Waals surface area contributed by atoms with E-state index < -0.39 is 5.92 Å². The smallest absolute Gasteiger partial charge is 0.248 e. The summed E-state index contributed by atoms with van der Waals surface area (Å²) in [5, 5.41) is 0. The summed E-state index contributed by atoms with van der Waals surface area (Å²) in [6, 6.07) is 0. The van der Waals surface area contributed by atoms with Crippen LogP contribution in [0.3, 0.4) is 0 Å². The second-order valence-corrected chi connectivity index (χ2v) is 1.71. The Bertz CT molecular complexity index is 66.8. The zero-order valence-electron chi connectivity index (χ0n) is 4.49. The molecule has 1 aliphatic rings. The number of rotatable bonds is 0. The maximum atomic E-state index is 11.5. The van der Waals surface area contributed by atoms with E-state index in [4.69, 9.17) is 4.79 Å². The van der Waals surface area contributed by atoms with Crippen molar-refractivity contribution in [2.24, 2.45) is 0 Å². The molecule has 0 saturated heterocycles. The Labute approximate surface area is 46.7 Å². The van der Waals surface area contributed by atoms with Crippen LogP contribution in [0.5, 0.6) is 0 Å². The number of alkyl halides is 2. The van der Waals surface area contributed by atoms with Crippen LogP contribution in [0.2, 0.25) is 0 Å². The van der Waals surface area contributed by atoms with Gasteiger partial charge in [0.25, 0.3) is 0 Å². The van der Waals surface area contributed by atoms with E-state index in [1.54, 1.807) is 0 Å². The van der Waals surface area contributed by atoms with Crippen LogP contribution in [-0.2, 0) is 4.79 Å². The second kappa shape index (κ2) is 2.74. The fourth-order valence-corrected chi connectivity index (χ4v) is 0.444. The molecule has 8 heavy (non-hydrogen) atoms. The van der Waals surface area contributed by atoms with Crippen molar-refractivity contribution in [2.75, 3.05) is 0 Å². The third-order valence-electron chi connectivity index (χ3n) is 1.09. The molecule has 0 aromatic rings. The van der Waals surface area contributed by atoms with E-state index in [9.17, 15) is 8.78 Å². The fourth-order valence-electron chi connectivity index (χ4n) is 0.444. The molecule has 1 nitrogen and oxygen atoms in total. The van der Waals surface area contributed by atoms with Gasteiger partial charge in [-0.1, -0.05) is 0 Å². The quantitative estimate of drug-likeness (QED) is 0.477. The van der Waals surface area contributed by atoms with Gasteiger partial charge in [-0.15, -0.1) is 0 Å². The first-order chi connectivity index (χ1) is 3.71. The third-order valence-corrected chi connectivity index (χ3v) is 1.09. The standard InChI is InChI=1S/C4H6F2.CH2O/c5-4(6)2-1-3-4;1-2/h1-3H2;1H2. The number of halogens is 2. The molecule has 0 amide bonds. The van der Waals surface area contributed by atoms with Crippen molar-refractivity contribution in [3.63, 3.8) is 0 Å². The number of hydrogen-bond donors (Lipinski definition) is 0. The van der Waals surface area contributed by atoms with Crippen LogP contribution in [0, 0.1) is 0 Å². The van der Waals surface area contributed by atoms with E-state index >= 15 is 0 Å². The summed E-state index contributed by atoms with van der Waals surface area (Å²) in [4.78, 5) is 8.00. The lowest BCUT2D eigenvalue weighted by atomic mass is 9.95. The summed E-state index contributed by atoms with van der Waals surface area (Å²) in [5.74, 6) is -2.28. The van der Waals surface area contributed by atoms with Crippen LogP contribution in [0.25, 0.3) is 0 Å². The van der Waals surface area contributed by atoms with Crippen molar-refractivity contribution in [1.82, 2.24) is 0 Å². The zero-order valence-corrected chi connectivity index (χ0v) is 4.49. The van der Waals surface area contributed by atoms with Crippen molar-refractivity contribution in [1.29, 1.82) is 0 Å². The molecule has 1 rings (SSSR count). The highest BCUT2D eigenvalue weighted by Gasteiger charge is 2.36. The average molecular weight is 122 g/mol. The molecular weight excluding hydrogens is 114 g/mol. The molecule has 0 aliphatic heterocycles. The molecule has 0 bridgehead atoms. The minimum absolute atomic E-state index is 0.118. The predicted molar refractivity (Wildman–Crippen MR) is 25.9 cm³/mol. The molecule has 0 aromatic heterocycles. The van der Waals surface area contributed by atoms with Crippen molar-refractivity contribution < 1.29 is 13.6 Å². The van der Waals surface area contributed by atoms with Gasteiger partial charge >= 0.3 is 0 Å². The third kappa shape index (κ3) is 2.00. The monoisotopic (exact) mass is 122 g/mol. The largest absolute Gasteiger partial charge is 0.307 e. The molecule has 48 valence electrons. The molecule has 0 spiro atoms. The highest BCUT2D eigenvalue weighted by molar-refractivity contribution is 5.10. The maximum Gasteiger partial charge on any atom is 0.248 e. The van der Waals surface area contributed by atoms with E-state index in [2.05, 4.69) is 0 Å². The average Bonchev–Trinajstić information content (AvgIpc) is 1.69. The van der Waals surface area contributed by atoms with Gasteiger partial charge in [-0.3, -0.25) is 0 Å². The predicted octanol–water partition coefficient (Wildman–Crippen LogP) is 1.62. The van der Waals surface area contributed by atoms with Crippen LogP contribution in [-0.4, -0.2) is 12.7 Å². The van der Waals surface area contributed by atoms with Gasteiger partial charge in [0.2, 0.25) is 5.92 Å². The lowest BCUT2D eigenvalue weighted by Gasteiger charge is -2.23. The first kappa shape index (κ1) is 7.53. The lowest BCUT2D eigenvalue weighted by molar-refractivity contribution is -0.0980. The second-order valence-electron chi connectivity index (χ2n) is 1.71. The number of hydrogen-bond acceptors (Lipinski definition) is 1. The Morgan fingerprint density at radius 3 is 1.50 bits per heavy atom. The van der Waals surface area contributed by atoms with Gasteiger partial charge < -0.3 is 4.79 Å². The summed E-state index contributed by atoms with van der Waals surface area (Å²) in [7, 11) is 0. The molecular formula is C5H8F2O. The van der Waals surface area contributed by atoms with Gasteiger partial charge in [0.1, 0.15) is 6.79 Å². The van der Waals surface area contributed by atoms with E-state index in [0.29, 0.717) is 6.42 Å². The highest BCUT2D eigenvalue weighted by Crippen LogP contribution is 2.36. The number of carbonyl (C=O) groups excluding carboxylic acids is 1. The lowest BCUT2D eigenvalue weighted by Crippen LogP contribution is -2.24. The molecule has 1 fully saturated rings. The van der Waals surface area contributed by atoms with Gasteiger partial charge in [0.15, 0.2) is 0 Å². The molecule has 3 heteroatoms. The Morgan fingerprint density at radius 1 is 1.25 bits per heavy atom. The Kier molecular flexibility index (Phi) is 2.58. The fraction of sp³-hybridized carbons (Fsp3) is 0.800. The Morgan fingerprint density at radius 2 is 1.50 bits per heavy atom. The van der Waals surface area contributed by atoms with E-state index in [1.165, 1.54) is 0 Å². The Balaban J connectivity index is 0.000000222. The summed E-state index contributed by atoms with van der Waals surface area (Å²) >= 11 is 0. The normalized spacial score (nSPS) is 22.2. The minimum atomic E-state index is -2.28. The van der Waals surface area contributed by atoms with Gasteiger partial charge in [-0.2, -0.15) is 0 Å². The van der Waals surface area contributed by atoms with Crippen molar-refractivity contribution in [3.05, 3.63) is 0 Å². The molecule has 0 N–H and O–H groups in total. The summed E-state index contributed by atoms with van der Waals surface area (Å²) < 4.78 is 23.1. The number of carbonyl (C=O) groups is 1. The van der Waals surface area contributed by atoms with Crippen LogP contribution < -0.4 is 0 Å². The molecule has 0 atom stereocenters. The highest BCUT2D eigenvalue weighted by atomic mass is 19.3. The first-order valence-corrected chi connectivity index (χ1v) is 2.37. The van der Waals surface area contributed by atoms with Gasteiger partial charge in [-0.25, -0.2) is 8.78 Å². The van der Waals surface area contributed by atoms with Crippen LogP contribution >= 0.6 is 0 Å². The Hall–Kier alpha value is -0.470. The van der Waals surface area contributed by atoms with Crippen LogP contribution in [0.15, 0.2) is 0 Å². The summed E-state index contributed by atoms with van der Waals surface area (Å²) in [5.41, 5.74) is 0. The van der Waals surface area contributed by atoms with Crippen molar-refractivity contribution >= 4 is 6.79 Å². The zero-order chi connectivity index (χ0) is 6.62. The summed E-state index contributed by atoms with van der Waals surface area (Å²) in [6.45, 7) is 2.00. The summed E-state index contributed by atoms with van der Waals surface area (Å²) in [6.07, 6.45) is 0.951. The molecule has 0 heterocycles. The van der Waals surface area contributed by atoms with E-state index in [0.717, 1.165) is 0 Å². The molecule has 0 radical (unpaired) electrons. The molecule has 0 aromatic carbocycles. The first-order valence-electron chi connectivity index (χ1n) is 2.37. The van der Waals surface area contributed by atoms with E-state index in [1.807, 2.05) is 6.79 Å². The van der Waals surface area contributed by atoms with Crippen LogP contribution in [0.1, 0.15) is 19.3 Å². The van der Waals surface area contributed by atoms with E-state index in [-0.39, 0.29) is 12.8 Å². The van der Waals surface area contributed by atoms with Crippen LogP contribution in [0.4, 0.5) is 8.78 Å². The van der Waals surface area contributed by atoms with Gasteiger partial charge in [-0.05, 0) is 6.42 Å². The maximum absolute atomic E-state index is 11.5. The minimum Gasteiger partial charge on any atom is -0.307 e. The van der Waals surface area contributed by atoms with Gasteiger partial charge in [0.05, 0.1) is 0 Å². The molecule has 1 aliphatic carbocycles.